The molecule has 6 heteroatoms. The Morgan fingerprint density at radius 1 is 1.62 bits per heavy atom. The average molecular weight is 307 g/mol. The van der Waals surface area contributed by atoms with Crippen LogP contribution in [0.4, 0.5) is 0 Å². The fourth-order valence-corrected chi connectivity index (χ4v) is 2.28. The van der Waals surface area contributed by atoms with Crippen LogP contribution >= 0.6 is 11.6 Å². The Morgan fingerprint density at radius 3 is 2.81 bits per heavy atom. The van der Waals surface area contributed by atoms with Crippen LogP contribution in [0.25, 0.3) is 6.08 Å². The van der Waals surface area contributed by atoms with Gasteiger partial charge in [0.1, 0.15) is 16.8 Å². The van der Waals surface area contributed by atoms with Crippen molar-refractivity contribution in [1.29, 1.82) is 5.26 Å². The van der Waals surface area contributed by atoms with E-state index in [1.54, 1.807) is 4.68 Å². The van der Waals surface area contributed by atoms with Crippen molar-refractivity contribution in [1.82, 2.24) is 15.1 Å². The van der Waals surface area contributed by atoms with Crippen molar-refractivity contribution in [3.8, 4) is 6.07 Å². The topological polar surface area (TPSA) is 70.7 Å². The van der Waals surface area contributed by atoms with Gasteiger partial charge in [0.05, 0.1) is 5.69 Å². The van der Waals surface area contributed by atoms with Crippen LogP contribution in [0, 0.1) is 24.2 Å². The highest BCUT2D eigenvalue weighted by Gasteiger charge is 2.25. The summed E-state index contributed by atoms with van der Waals surface area (Å²) in [4.78, 5) is 12.0. The van der Waals surface area contributed by atoms with Gasteiger partial charge >= 0.3 is 0 Å². The first kappa shape index (κ1) is 15.6. The lowest BCUT2D eigenvalue weighted by Crippen LogP contribution is -2.26. The van der Waals surface area contributed by atoms with E-state index in [4.69, 9.17) is 11.6 Å². The molecule has 0 unspecified atom stereocenters. The lowest BCUT2D eigenvalue weighted by molar-refractivity contribution is -0.117. The Hall–Kier alpha value is -1.80. The third-order valence-electron chi connectivity index (χ3n) is 3.21. The molecular weight excluding hydrogens is 288 g/mol. The van der Waals surface area contributed by atoms with E-state index in [2.05, 4.69) is 24.3 Å². The molecule has 1 aromatic rings. The minimum absolute atomic E-state index is 0.0657. The molecule has 112 valence electrons. The second kappa shape index (κ2) is 6.31. The zero-order valence-electron chi connectivity index (χ0n) is 12.5. The molecule has 0 aromatic carbocycles. The first-order chi connectivity index (χ1) is 9.92. The number of nitriles is 1. The smallest absolute Gasteiger partial charge is 0.262 e. The Labute approximate surface area is 129 Å². The minimum atomic E-state index is -0.341. The molecule has 1 heterocycles. The van der Waals surface area contributed by atoms with Gasteiger partial charge in [0.25, 0.3) is 5.91 Å². The predicted octanol–water partition coefficient (Wildman–Crippen LogP) is 2.69. The van der Waals surface area contributed by atoms with E-state index in [-0.39, 0.29) is 17.5 Å². The van der Waals surface area contributed by atoms with Gasteiger partial charge in [-0.15, -0.1) is 0 Å². The summed E-state index contributed by atoms with van der Waals surface area (Å²) in [5.74, 6) is 0.0688. The standard InChI is InChI=1S/C15H19ClN4O/c1-9(2)8-20-14(16)13(10(3)19-20)6-11(7-17)15(21)18-12-4-5-12/h6,9,12H,4-5,8H2,1-3H3,(H,18,21)/b11-6+. The SMILES string of the molecule is Cc1nn(CC(C)C)c(Cl)c1/C=C(\C#N)C(=O)NC1CC1. The molecule has 0 atom stereocenters. The van der Waals surface area contributed by atoms with E-state index in [1.165, 1.54) is 6.08 Å². The first-order valence-electron chi connectivity index (χ1n) is 7.08. The molecule has 1 saturated carbocycles. The van der Waals surface area contributed by atoms with Gasteiger partial charge in [-0.1, -0.05) is 25.4 Å². The highest BCUT2D eigenvalue weighted by molar-refractivity contribution is 6.31. The Morgan fingerprint density at radius 2 is 2.29 bits per heavy atom. The van der Waals surface area contributed by atoms with Gasteiger partial charge in [0.15, 0.2) is 0 Å². The van der Waals surface area contributed by atoms with Gasteiger partial charge < -0.3 is 5.32 Å². The van der Waals surface area contributed by atoms with Crippen LogP contribution in [-0.4, -0.2) is 21.7 Å². The summed E-state index contributed by atoms with van der Waals surface area (Å²) in [5.41, 5.74) is 1.42. The van der Waals surface area contributed by atoms with Crippen LogP contribution < -0.4 is 5.32 Å². The van der Waals surface area contributed by atoms with E-state index in [1.807, 2.05) is 13.0 Å². The third-order valence-corrected chi connectivity index (χ3v) is 3.61. The number of carbonyl (C=O) groups is 1. The molecule has 1 fully saturated rings. The summed E-state index contributed by atoms with van der Waals surface area (Å²) >= 11 is 6.31. The second-order valence-corrected chi connectivity index (χ2v) is 6.14. The maximum absolute atomic E-state index is 12.0. The Balaban J connectivity index is 2.27. The molecule has 0 radical (unpaired) electrons. The molecule has 1 amide bonds. The van der Waals surface area contributed by atoms with Crippen LogP contribution in [0.3, 0.4) is 0 Å². The highest BCUT2D eigenvalue weighted by atomic mass is 35.5. The number of aromatic nitrogens is 2. The largest absolute Gasteiger partial charge is 0.349 e. The number of halogens is 1. The zero-order chi connectivity index (χ0) is 15.6. The van der Waals surface area contributed by atoms with E-state index >= 15 is 0 Å². The summed E-state index contributed by atoms with van der Waals surface area (Å²) in [7, 11) is 0. The molecule has 2 rings (SSSR count). The lowest BCUT2D eigenvalue weighted by Gasteiger charge is -2.05. The van der Waals surface area contributed by atoms with Crippen molar-refractivity contribution in [3.05, 3.63) is 22.0 Å². The molecule has 0 saturated heterocycles. The fraction of sp³-hybridized carbons (Fsp3) is 0.533. The van der Waals surface area contributed by atoms with Crippen molar-refractivity contribution in [3.63, 3.8) is 0 Å². The zero-order valence-corrected chi connectivity index (χ0v) is 13.2. The molecule has 1 aliphatic carbocycles. The number of carbonyl (C=O) groups excluding carboxylic acids is 1. The van der Waals surface area contributed by atoms with E-state index < -0.39 is 0 Å². The number of amides is 1. The number of rotatable bonds is 5. The van der Waals surface area contributed by atoms with E-state index in [9.17, 15) is 10.1 Å². The van der Waals surface area contributed by atoms with Crippen LogP contribution in [0.15, 0.2) is 5.57 Å². The maximum Gasteiger partial charge on any atom is 0.262 e. The molecule has 1 aromatic heterocycles. The average Bonchev–Trinajstić information content (AvgIpc) is 3.17. The molecular formula is C15H19ClN4O. The quantitative estimate of drug-likeness (QED) is 0.671. The predicted molar refractivity (Wildman–Crippen MR) is 81.6 cm³/mol. The highest BCUT2D eigenvalue weighted by Crippen LogP contribution is 2.24. The van der Waals surface area contributed by atoms with Crippen LogP contribution in [0.1, 0.15) is 37.9 Å². The number of hydrogen-bond acceptors (Lipinski definition) is 3. The van der Waals surface area contributed by atoms with E-state index in [0.717, 1.165) is 12.8 Å². The van der Waals surface area contributed by atoms with Crippen molar-refractivity contribution in [2.24, 2.45) is 5.92 Å². The Bertz CT molecular complexity index is 620. The number of aryl methyl sites for hydroxylation is 1. The number of nitrogens with zero attached hydrogens (tertiary/aromatic N) is 3. The summed E-state index contributed by atoms with van der Waals surface area (Å²) < 4.78 is 1.71. The summed E-state index contributed by atoms with van der Waals surface area (Å²) in [6.45, 7) is 6.67. The minimum Gasteiger partial charge on any atom is -0.349 e. The van der Waals surface area contributed by atoms with Crippen LogP contribution in [0.2, 0.25) is 5.15 Å². The van der Waals surface area contributed by atoms with Gasteiger partial charge in [-0.2, -0.15) is 10.4 Å². The monoisotopic (exact) mass is 306 g/mol. The van der Waals surface area contributed by atoms with Crippen LogP contribution in [-0.2, 0) is 11.3 Å². The molecule has 1 aliphatic rings. The fourth-order valence-electron chi connectivity index (χ4n) is 1.98. The molecule has 21 heavy (non-hydrogen) atoms. The lowest BCUT2D eigenvalue weighted by atomic mass is 10.1. The van der Waals surface area contributed by atoms with Crippen molar-refractivity contribution >= 4 is 23.6 Å². The maximum atomic E-state index is 12.0. The van der Waals surface area contributed by atoms with Gasteiger partial charge in [-0.3, -0.25) is 9.48 Å². The van der Waals surface area contributed by atoms with Crippen molar-refractivity contribution in [2.45, 2.75) is 46.2 Å². The summed E-state index contributed by atoms with van der Waals surface area (Å²) in [6, 6.07) is 2.16. The molecule has 0 aliphatic heterocycles. The van der Waals surface area contributed by atoms with Crippen molar-refractivity contribution < 1.29 is 4.79 Å². The second-order valence-electron chi connectivity index (χ2n) is 5.78. The number of nitrogens with one attached hydrogen (secondary N) is 1. The van der Waals surface area contributed by atoms with Crippen molar-refractivity contribution in [2.75, 3.05) is 0 Å². The van der Waals surface area contributed by atoms with Gasteiger partial charge in [-0.05, 0) is 31.8 Å². The first-order valence-corrected chi connectivity index (χ1v) is 7.45. The van der Waals surface area contributed by atoms with Gasteiger partial charge in [0, 0.05) is 18.2 Å². The van der Waals surface area contributed by atoms with Gasteiger partial charge in [-0.25, -0.2) is 0 Å². The summed E-state index contributed by atoms with van der Waals surface area (Å²) in [5, 5.41) is 16.8. The molecule has 0 spiro atoms. The Kier molecular flexibility index (Phi) is 4.69. The normalized spacial score (nSPS) is 15.1. The molecule has 0 bridgehead atoms. The molecule has 1 N–H and O–H groups in total. The number of hydrogen-bond donors (Lipinski definition) is 1. The summed E-state index contributed by atoms with van der Waals surface area (Å²) in [6.07, 6.45) is 3.49. The third kappa shape index (κ3) is 3.85. The molecule has 5 nitrogen and oxygen atoms in total. The van der Waals surface area contributed by atoms with E-state index in [0.29, 0.717) is 28.9 Å². The van der Waals surface area contributed by atoms with Gasteiger partial charge in [0.2, 0.25) is 0 Å². The van der Waals surface area contributed by atoms with Crippen LogP contribution in [0.5, 0.6) is 0 Å².